The number of halogens is 1. The number of nitrogens with zero attached hydrogens (tertiary/aromatic N) is 2. The lowest BCUT2D eigenvalue weighted by atomic mass is 10.0. The van der Waals surface area contributed by atoms with Crippen LogP contribution in [0.3, 0.4) is 0 Å². The topological polar surface area (TPSA) is 41.6 Å². The van der Waals surface area contributed by atoms with Crippen molar-refractivity contribution in [3.63, 3.8) is 0 Å². The molecule has 2 rings (SSSR count). The fourth-order valence-electron chi connectivity index (χ4n) is 2.16. The van der Waals surface area contributed by atoms with Gasteiger partial charge in [-0.25, -0.2) is 10.8 Å². The molecular weight excluding hydrogens is 258 g/mol. The lowest BCUT2D eigenvalue weighted by Crippen LogP contribution is -2.43. The molecule has 0 aliphatic carbocycles. The van der Waals surface area contributed by atoms with Gasteiger partial charge in [0, 0.05) is 23.0 Å². The molecule has 0 amide bonds. The van der Waals surface area contributed by atoms with Gasteiger partial charge in [0.05, 0.1) is 5.71 Å². The number of benzene rings is 1. The van der Waals surface area contributed by atoms with Crippen molar-refractivity contribution in [1.82, 2.24) is 5.01 Å². The lowest BCUT2D eigenvalue weighted by molar-refractivity contribution is 0.266. The van der Waals surface area contributed by atoms with Crippen molar-refractivity contribution in [2.45, 2.75) is 39.7 Å². The van der Waals surface area contributed by atoms with Crippen LogP contribution in [0, 0.1) is 0 Å². The van der Waals surface area contributed by atoms with Gasteiger partial charge >= 0.3 is 0 Å². The van der Waals surface area contributed by atoms with E-state index in [4.69, 9.17) is 22.4 Å². The van der Waals surface area contributed by atoms with Gasteiger partial charge in [0.2, 0.25) is 0 Å². The zero-order valence-electron chi connectivity index (χ0n) is 11.7. The zero-order chi connectivity index (χ0) is 14.0. The van der Waals surface area contributed by atoms with Gasteiger partial charge in [-0.3, -0.25) is 5.01 Å². The summed E-state index contributed by atoms with van der Waals surface area (Å²) in [5.74, 6) is 6.98. The van der Waals surface area contributed by atoms with E-state index >= 15 is 0 Å². The van der Waals surface area contributed by atoms with Crippen LogP contribution in [0.25, 0.3) is 0 Å². The van der Waals surface area contributed by atoms with Gasteiger partial charge in [0.15, 0.2) is 0 Å². The second-order valence-electron chi connectivity index (χ2n) is 4.96. The fraction of sp³-hybridized carbons (Fsp3) is 0.400. The molecule has 1 aromatic rings. The Labute approximate surface area is 119 Å². The summed E-state index contributed by atoms with van der Waals surface area (Å²) >= 11 is 6.26. The molecule has 1 atom stereocenters. The summed E-state index contributed by atoms with van der Waals surface area (Å²) in [7, 11) is 0. The predicted molar refractivity (Wildman–Crippen MR) is 81.1 cm³/mol. The van der Waals surface area contributed by atoms with E-state index in [0.717, 1.165) is 35.0 Å². The highest BCUT2D eigenvalue weighted by Gasteiger charge is 2.24. The van der Waals surface area contributed by atoms with Crippen LogP contribution in [0.5, 0.6) is 0 Å². The maximum Gasteiger partial charge on any atom is 0.141 e. The maximum absolute atomic E-state index is 6.26. The van der Waals surface area contributed by atoms with Crippen LogP contribution in [0.1, 0.15) is 39.2 Å². The SMILES string of the molecule is CC/C(C)=C1/N=C(c2ccccc2Cl)CC(C)N1N. The number of hydrazine groups is 1. The molecule has 2 N–H and O–H groups in total. The van der Waals surface area contributed by atoms with Gasteiger partial charge in [-0.15, -0.1) is 0 Å². The highest BCUT2D eigenvalue weighted by Crippen LogP contribution is 2.26. The Morgan fingerprint density at radius 1 is 1.47 bits per heavy atom. The fourth-order valence-corrected chi connectivity index (χ4v) is 2.40. The van der Waals surface area contributed by atoms with E-state index in [1.807, 2.05) is 24.3 Å². The summed E-state index contributed by atoms with van der Waals surface area (Å²) < 4.78 is 0. The number of hydrogen-bond acceptors (Lipinski definition) is 3. The lowest BCUT2D eigenvalue weighted by Gasteiger charge is -2.33. The smallest absolute Gasteiger partial charge is 0.141 e. The van der Waals surface area contributed by atoms with Gasteiger partial charge in [-0.1, -0.05) is 36.7 Å². The Hall–Kier alpha value is -1.32. The Balaban J connectivity index is 2.50. The number of allylic oxidation sites excluding steroid dienone is 1. The Bertz CT molecular complexity index is 534. The molecule has 0 radical (unpaired) electrons. The van der Waals surface area contributed by atoms with Crippen LogP contribution in [0.2, 0.25) is 5.02 Å². The standard InChI is InChI=1S/C15H20ClN3/c1-4-10(2)15-18-14(9-11(3)19(15)17)12-7-5-6-8-13(12)16/h5-8,11H,4,9,17H2,1-3H3/b15-10-. The third-order valence-corrected chi connectivity index (χ3v) is 3.88. The second kappa shape index (κ2) is 5.76. The van der Waals surface area contributed by atoms with Crippen molar-refractivity contribution in [2.24, 2.45) is 10.8 Å². The molecule has 1 aliphatic rings. The molecule has 0 aromatic heterocycles. The summed E-state index contributed by atoms with van der Waals surface area (Å²) in [5.41, 5.74) is 3.21. The van der Waals surface area contributed by atoms with E-state index in [2.05, 4.69) is 20.8 Å². The van der Waals surface area contributed by atoms with E-state index in [1.165, 1.54) is 5.57 Å². The van der Waals surface area contributed by atoms with Crippen LogP contribution in [-0.2, 0) is 0 Å². The molecule has 0 spiro atoms. The molecule has 102 valence electrons. The summed E-state index contributed by atoms with van der Waals surface area (Å²) in [6, 6.07) is 8.05. The summed E-state index contributed by atoms with van der Waals surface area (Å²) in [6.45, 7) is 6.29. The van der Waals surface area contributed by atoms with Gasteiger partial charge in [-0.2, -0.15) is 0 Å². The van der Waals surface area contributed by atoms with Crippen molar-refractivity contribution in [3.05, 3.63) is 46.2 Å². The maximum atomic E-state index is 6.26. The van der Waals surface area contributed by atoms with Crippen LogP contribution < -0.4 is 5.84 Å². The first-order valence-electron chi connectivity index (χ1n) is 6.60. The van der Waals surface area contributed by atoms with Crippen molar-refractivity contribution >= 4 is 17.3 Å². The molecule has 19 heavy (non-hydrogen) atoms. The molecule has 1 aliphatic heterocycles. The highest BCUT2D eigenvalue weighted by molar-refractivity contribution is 6.34. The van der Waals surface area contributed by atoms with E-state index in [9.17, 15) is 0 Å². The minimum Gasteiger partial charge on any atom is -0.292 e. The van der Waals surface area contributed by atoms with Crippen LogP contribution in [0.15, 0.2) is 40.7 Å². The van der Waals surface area contributed by atoms with E-state index in [0.29, 0.717) is 0 Å². The average Bonchev–Trinajstić information content (AvgIpc) is 2.41. The quantitative estimate of drug-likeness (QED) is 0.837. The molecule has 0 saturated heterocycles. The molecule has 1 aromatic carbocycles. The van der Waals surface area contributed by atoms with Gasteiger partial charge in [-0.05, 0) is 31.9 Å². The van der Waals surface area contributed by atoms with Crippen molar-refractivity contribution < 1.29 is 0 Å². The number of nitrogens with two attached hydrogens (primary N) is 1. The Morgan fingerprint density at radius 3 is 2.79 bits per heavy atom. The molecule has 1 unspecified atom stereocenters. The Morgan fingerprint density at radius 2 is 2.16 bits per heavy atom. The normalized spacial score (nSPS) is 22.3. The third-order valence-electron chi connectivity index (χ3n) is 3.55. The van der Waals surface area contributed by atoms with Gasteiger partial charge in [0.25, 0.3) is 0 Å². The summed E-state index contributed by atoms with van der Waals surface area (Å²) in [6.07, 6.45) is 1.75. The molecule has 4 heteroatoms. The zero-order valence-corrected chi connectivity index (χ0v) is 12.4. The molecule has 0 saturated carbocycles. The van der Waals surface area contributed by atoms with Crippen molar-refractivity contribution in [2.75, 3.05) is 0 Å². The first-order valence-corrected chi connectivity index (χ1v) is 6.98. The molecular formula is C15H20ClN3. The largest absolute Gasteiger partial charge is 0.292 e. The second-order valence-corrected chi connectivity index (χ2v) is 5.36. The molecule has 1 heterocycles. The average molecular weight is 278 g/mol. The first kappa shape index (κ1) is 14.1. The van der Waals surface area contributed by atoms with Gasteiger partial charge in [0.1, 0.15) is 5.82 Å². The van der Waals surface area contributed by atoms with Crippen LogP contribution in [-0.4, -0.2) is 16.8 Å². The highest BCUT2D eigenvalue weighted by atomic mass is 35.5. The van der Waals surface area contributed by atoms with Crippen molar-refractivity contribution in [3.8, 4) is 0 Å². The minimum atomic E-state index is 0.222. The minimum absolute atomic E-state index is 0.222. The Kier molecular flexibility index (Phi) is 4.27. The molecule has 3 nitrogen and oxygen atoms in total. The third kappa shape index (κ3) is 2.82. The number of hydrogen-bond donors (Lipinski definition) is 1. The van der Waals surface area contributed by atoms with Crippen LogP contribution in [0.4, 0.5) is 0 Å². The number of aliphatic imine (C=N–C) groups is 1. The molecule has 0 bridgehead atoms. The summed E-state index contributed by atoms with van der Waals surface area (Å²) in [5, 5.41) is 2.51. The van der Waals surface area contributed by atoms with E-state index < -0.39 is 0 Å². The summed E-state index contributed by atoms with van der Waals surface area (Å²) in [4.78, 5) is 4.73. The monoisotopic (exact) mass is 277 g/mol. The predicted octanol–water partition coefficient (Wildman–Crippen LogP) is 3.74. The van der Waals surface area contributed by atoms with E-state index in [1.54, 1.807) is 5.01 Å². The van der Waals surface area contributed by atoms with E-state index in [-0.39, 0.29) is 6.04 Å². The van der Waals surface area contributed by atoms with Gasteiger partial charge < -0.3 is 0 Å². The molecule has 0 fully saturated rings. The van der Waals surface area contributed by atoms with Crippen molar-refractivity contribution in [1.29, 1.82) is 0 Å². The van der Waals surface area contributed by atoms with Crippen LogP contribution >= 0.6 is 11.6 Å². The number of rotatable bonds is 2. The first-order chi connectivity index (χ1) is 9.04.